The number of thiol groups is 1. The molecule has 2 rings (SSSR count). The van der Waals surface area contributed by atoms with Gasteiger partial charge in [0.1, 0.15) is 17.8 Å². The Labute approximate surface area is 137 Å². The van der Waals surface area contributed by atoms with Crippen LogP contribution in [0.5, 0.6) is 0 Å². The van der Waals surface area contributed by atoms with E-state index in [1.807, 2.05) is 0 Å². The summed E-state index contributed by atoms with van der Waals surface area (Å²) in [6, 6.07) is 1.69. The van der Waals surface area contributed by atoms with Crippen molar-refractivity contribution in [3.05, 3.63) is 18.0 Å². The topological polar surface area (TPSA) is 60.6 Å². The number of aromatic nitrogens is 1. The fourth-order valence-corrected chi connectivity index (χ4v) is 2.72. The van der Waals surface area contributed by atoms with Crippen molar-refractivity contribution in [2.45, 2.75) is 17.8 Å². The molecule has 2 atom stereocenters. The highest BCUT2D eigenvalue weighted by atomic mass is 32.1. The van der Waals surface area contributed by atoms with Crippen LogP contribution in [-0.2, 0) is 4.74 Å². The molecule has 1 aromatic heterocycles. The maximum atomic E-state index is 12.4. The zero-order valence-electron chi connectivity index (χ0n) is 12.7. The molecule has 2 unspecified atom stereocenters. The number of carbonyl (C=O) groups is 1. The van der Waals surface area contributed by atoms with Crippen molar-refractivity contribution in [3.63, 3.8) is 0 Å². The summed E-state index contributed by atoms with van der Waals surface area (Å²) in [4.78, 5) is 18.1. The number of ether oxygens (including phenoxy) is 1. The van der Waals surface area contributed by atoms with Gasteiger partial charge in [-0.1, -0.05) is 0 Å². The molecule has 130 valence electrons. The highest BCUT2D eigenvalue weighted by Crippen LogP contribution is 2.27. The van der Waals surface area contributed by atoms with Crippen LogP contribution in [0.4, 0.5) is 18.9 Å². The van der Waals surface area contributed by atoms with Gasteiger partial charge in [-0.3, -0.25) is 4.79 Å². The summed E-state index contributed by atoms with van der Waals surface area (Å²) in [6.07, 6.45) is -3.49. The smallest absolute Gasteiger partial charge is 0.366 e. The fourth-order valence-electron chi connectivity index (χ4n) is 2.38. The van der Waals surface area contributed by atoms with Crippen molar-refractivity contribution in [1.29, 1.82) is 0 Å². The standard InChI is InChI=1S/C13H19F3N4O2S/c1-19(2)5-8(22-7-13(14,15)16)6-20-9-3-4-17-10(9)11(21)18-12(20)23/h3-4,8,12,17,23H,5-7H2,1-2H3,(H,18,21). The third-order valence-electron chi connectivity index (χ3n) is 3.27. The number of rotatable bonds is 6. The molecular weight excluding hydrogens is 333 g/mol. The van der Waals surface area contributed by atoms with Crippen LogP contribution in [0.3, 0.4) is 0 Å². The second-order valence-corrected chi connectivity index (χ2v) is 6.04. The Morgan fingerprint density at radius 2 is 2.17 bits per heavy atom. The molecule has 0 bridgehead atoms. The van der Waals surface area contributed by atoms with Crippen molar-refractivity contribution in [1.82, 2.24) is 15.2 Å². The van der Waals surface area contributed by atoms with E-state index in [2.05, 4.69) is 22.9 Å². The second-order valence-electron chi connectivity index (χ2n) is 5.55. The average Bonchev–Trinajstić information content (AvgIpc) is 2.88. The number of amides is 1. The van der Waals surface area contributed by atoms with E-state index in [9.17, 15) is 18.0 Å². The quantitative estimate of drug-likeness (QED) is 0.675. The summed E-state index contributed by atoms with van der Waals surface area (Å²) >= 11 is 4.29. The largest absolute Gasteiger partial charge is 0.411 e. The first-order valence-electron chi connectivity index (χ1n) is 6.93. The summed E-state index contributed by atoms with van der Waals surface area (Å²) in [5, 5.41) is 2.63. The van der Waals surface area contributed by atoms with Crippen LogP contribution in [0, 0.1) is 0 Å². The molecule has 2 N–H and O–H groups in total. The fraction of sp³-hybridized carbons (Fsp3) is 0.615. The number of hydrogen-bond acceptors (Lipinski definition) is 5. The summed E-state index contributed by atoms with van der Waals surface area (Å²) in [5.41, 5.74) is 0.313. The first-order valence-corrected chi connectivity index (χ1v) is 7.45. The van der Waals surface area contributed by atoms with E-state index in [1.165, 1.54) is 0 Å². The molecule has 0 spiro atoms. The first kappa shape index (κ1) is 18.0. The summed E-state index contributed by atoms with van der Waals surface area (Å²) in [5.74, 6) is -0.304. The Hall–Kier alpha value is -1.39. The maximum Gasteiger partial charge on any atom is 0.411 e. The number of halogens is 3. The number of aromatic amines is 1. The van der Waals surface area contributed by atoms with Crippen molar-refractivity contribution in [3.8, 4) is 0 Å². The molecule has 1 aliphatic heterocycles. The van der Waals surface area contributed by atoms with Gasteiger partial charge < -0.3 is 24.8 Å². The molecule has 6 nitrogen and oxygen atoms in total. The summed E-state index contributed by atoms with van der Waals surface area (Å²) in [6.45, 7) is -0.850. The summed E-state index contributed by atoms with van der Waals surface area (Å²) in [7, 11) is 3.50. The normalized spacial score (nSPS) is 19.7. The monoisotopic (exact) mass is 352 g/mol. The van der Waals surface area contributed by atoms with Crippen molar-refractivity contribution < 1.29 is 22.7 Å². The van der Waals surface area contributed by atoms with Gasteiger partial charge >= 0.3 is 6.18 Å². The number of nitrogens with one attached hydrogen (secondary N) is 2. The molecule has 0 saturated heterocycles. The molecule has 1 aliphatic rings. The Morgan fingerprint density at radius 1 is 1.48 bits per heavy atom. The zero-order chi connectivity index (χ0) is 17.2. The SMILES string of the molecule is CN(C)CC(CN1c2cc[nH]c2C(=O)NC1S)OCC(F)(F)F. The lowest BCUT2D eigenvalue weighted by Gasteiger charge is -2.37. The van der Waals surface area contributed by atoms with Crippen LogP contribution < -0.4 is 10.2 Å². The second kappa shape index (κ2) is 7.02. The van der Waals surface area contributed by atoms with Gasteiger partial charge in [-0.15, -0.1) is 12.6 Å². The van der Waals surface area contributed by atoms with E-state index in [0.29, 0.717) is 17.9 Å². The third-order valence-corrected chi connectivity index (χ3v) is 3.68. The zero-order valence-corrected chi connectivity index (χ0v) is 13.6. The molecule has 23 heavy (non-hydrogen) atoms. The maximum absolute atomic E-state index is 12.4. The van der Waals surface area contributed by atoms with Crippen molar-refractivity contribution in [2.24, 2.45) is 0 Å². The van der Waals surface area contributed by atoms with Gasteiger partial charge in [-0.2, -0.15) is 13.2 Å². The number of carbonyl (C=O) groups excluding carboxylic acids is 1. The lowest BCUT2D eigenvalue weighted by atomic mass is 10.2. The molecule has 0 saturated carbocycles. The van der Waals surface area contributed by atoms with Crippen molar-refractivity contribution >= 4 is 24.2 Å². The van der Waals surface area contributed by atoms with E-state index < -0.39 is 24.4 Å². The molecule has 0 aromatic carbocycles. The van der Waals surface area contributed by atoms with Crippen molar-refractivity contribution in [2.75, 3.05) is 38.7 Å². The average molecular weight is 352 g/mol. The number of likely N-dealkylation sites (N-methyl/N-ethyl adjacent to an activating group) is 1. The van der Waals surface area contributed by atoms with Crippen LogP contribution >= 0.6 is 12.6 Å². The molecule has 1 amide bonds. The Bertz CT molecular complexity index is 550. The minimum atomic E-state index is -4.39. The molecule has 0 aliphatic carbocycles. The summed E-state index contributed by atoms with van der Waals surface area (Å²) < 4.78 is 42.3. The van der Waals surface area contributed by atoms with E-state index in [0.717, 1.165) is 0 Å². The Balaban J connectivity index is 2.12. The number of hydrogen-bond donors (Lipinski definition) is 3. The molecule has 0 radical (unpaired) electrons. The number of alkyl halides is 3. The molecular formula is C13H19F3N4O2S. The molecule has 10 heteroatoms. The predicted molar refractivity (Wildman–Crippen MR) is 82.7 cm³/mol. The van der Waals surface area contributed by atoms with Crippen LogP contribution in [0.25, 0.3) is 0 Å². The lowest BCUT2D eigenvalue weighted by Crippen LogP contribution is -2.53. The molecule has 2 heterocycles. The van der Waals surface area contributed by atoms with Gasteiger partial charge in [-0.25, -0.2) is 0 Å². The number of H-pyrrole nitrogens is 1. The van der Waals surface area contributed by atoms with E-state index in [-0.39, 0.29) is 12.5 Å². The van der Waals surface area contributed by atoms with Gasteiger partial charge in [-0.05, 0) is 20.2 Å². The van der Waals surface area contributed by atoms with E-state index in [1.54, 1.807) is 36.2 Å². The first-order chi connectivity index (χ1) is 10.7. The van der Waals surface area contributed by atoms with Crippen LogP contribution in [0.2, 0.25) is 0 Å². The third kappa shape index (κ3) is 4.79. The number of anilines is 1. The van der Waals surface area contributed by atoms with Crippen LogP contribution in [0.1, 0.15) is 10.5 Å². The minimum Gasteiger partial charge on any atom is -0.366 e. The van der Waals surface area contributed by atoms with Gasteiger partial charge in [0, 0.05) is 19.3 Å². The Morgan fingerprint density at radius 3 is 2.78 bits per heavy atom. The molecule has 0 fully saturated rings. The van der Waals surface area contributed by atoms with E-state index in [4.69, 9.17) is 4.74 Å². The highest BCUT2D eigenvalue weighted by Gasteiger charge is 2.34. The number of nitrogens with zero attached hydrogens (tertiary/aromatic N) is 2. The van der Waals surface area contributed by atoms with Gasteiger partial charge in [0.05, 0.1) is 11.8 Å². The van der Waals surface area contributed by atoms with Gasteiger partial charge in [0.25, 0.3) is 5.91 Å². The van der Waals surface area contributed by atoms with Gasteiger partial charge in [0.2, 0.25) is 0 Å². The van der Waals surface area contributed by atoms with Gasteiger partial charge in [0.15, 0.2) is 0 Å². The molecule has 1 aromatic rings. The highest BCUT2D eigenvalue weighted by molar-refractivity contribution is 7.81. The van der Waals surface area contributed by atoms with Crippen LogP contribution in [0.15, 0.2) is 12.3 Å². The predicted octanol–water partition coefficient (Wildman–Crippen LogP) is 1.29. The number of fused-ring (bicyclic) bond motifs is 1. The van der Waals surface area contributed by atoms with Crippen LogP contribution in [-0.4, -0.2) is 67.4 Å². The minimum absolute atomic E-state index is 0.160. The Kier molecular flexibility index (Phi) is 5.48. The van der Waals surface area contributed by atoms with E-state index >= 15 is 0 Å². The lowest BCUT2D eigenvalue weighted by molar-refractivity contribution is -0.185.